The number of carbonyl (C=O) groups is 3. The minimum absolute atomic E-state index is 0.164. The summed E-state index contributed by atoms with van der Waals surface area (Å²) in [6.07, 6.45) is 8.91. The minimum Gasteiger partial charge on any atom is -0.494 e. The Morgan fingerprint density at radius 1 is 0.969 bits per heavy atom. The smallest absolute Gasteiger partial charge is 0.250 e. The van der Waals surface area contributed by atoms with Crippen molar-refractivity contribution in [2.24, 2.45) is 17.6 Å². The van der Waals surface area contributed by atoms with Crippen LogP contribution in [0.2, 0.25) is 0 Å². The van der Waals surface area contributed by atoms with Gasteiger partial charge in [0.1, 0.15) is 19.0 Å². The Hall–Kier alpha value is -2.61. The number of amides is 3. The van der Waals surface area contributed by atoms with Crippen LogP contribution in [-0.2, 0) is 19.1 Å². The van der Waals surface area contributed by atoms with Crippen molar-refractivity contribution in [2.45, 2.75) is 51.4 Å². The molecule has 1 aliphatic carbocycles. The molecule has 0 unspecified atom stereocenters. The number of hydrogen-bond acceptors (Lipinski definition) is 5. The summed E-state index contributed by atoms with van der Waals surface area (Å²) in [4.78, 5) is 37.1. The van der Waals surface area contributed by atoms with E-state index in [1.54, 1.807) is 17.0 Å². The second-order valence-corrected chi connectivity index (χ2v) is 8.76. The maximum absolute atomic E-state index is 12.2. The molecule has 32 heavy (non-hydrogen) atoms. The number of benzene rings is 1. The highest BCUT2D eigenvalue weighted by Gasteiger charge is 2.25. The Morgan fingerprint density at radius 3 is 2.31 bits per heavy atom. The molecule has 1 aromatic rings. The molecule has 2 aliphatic rings. The fraction of sp³-hybridized carbons (Fsp3) is 0.625. The fourth-order valence-corrected chi connectivity index (χ4v) is 4.39. The Morgan fingerprint density at radius 2 is 1.66 bits per heavy atom. The van der Waals surface area contributed by atoms with Crippen LogP contribution in [0.15, 0.2) is 24.3 Å². The SMILES string of the molecule is NC(=O)C1CCN(C(=O)COCC(=O)Nc2ccc(OCCC3CCCCC3)cc2)CC1. The number of ether oxygens (including phenoxy) is 2. The Kier molecular flexibility index (Phi) is 9.34. The van der Waals surface area contributed by atoms with Crippen LogP contribution in [0.5, 0.6) is 5.75 Å². The van der Waals surface area contributed by atoms with Crippen LogP contribution in [0, 0.1) is 11.8 Å². The zero-order chi connectivity index (χ0) is 22.8. The molecule has 1 saturated heterocycles. The van der Waals surface area contributed by atoms with E-state index >= 15 is 0 Å². The number of likely N-dealkylation sites (tertiary alicyclic amines) is 1. The largest absolute Gasteiger partial charge is 0.494 e. The maximum atomic E-state index is 12.2. The van der Waals surface area contributed by atoms with Crippen LogP contribution >= 0.6 is 0 Å². The van der Waals surface area contributed by atoms with Crippen LogP contribution < -0.4 is 15.8 Å². The van der Waals surface area contributed by atoms with Crippen molar-refractivity contribution in [1.29, 1.82) is 0 Å². The summed E-state index contributed by atoms with van der Waals surface area (Å²) in [5, 5.41) is 2.75. The number of nitrogens with two attached hydrogens (primary N) is 1. The summed E-state index contributed by atoms with van der Waals surface area (Å²) in [5.41, 5.74) is 5.96. The Balaban J connectivity index is 1.29. The van der Waals surface area contributed by atoms with Crippen LogP contribution in [-0.4, -0.2) is 55.5 Å². The first-order valence-corrected chi connectivity index (χ1v) is 11.7. The highest BCUT2D eigenvalue weighted by Crippen LogP contribution is 2.26. The van der Waals surface area contributed by atoms with Gasteiger partial charge in [-0.2, -0.15) is 0 Å². The topological polar surface area (TPSA) is 111 Å². The molecule has 0 radical (unpaired) electrons. The van der Waals surface area contributed by atoms with Gasteiger partial charge < -0.3 is 25.4 Å². The van der Waals surface area contributed by atoms with Gasteiger partial charge in [-0.1, -0.05) is 32.1 Å². The molecule has 0 aromatic heterocycles. The van der Waals surface area contributed by atoms with Crippen LogP contribution in [0.4, 0.5) is 5.69 Å². The zero-order valence-corrected chi connectivity index (χ0v) is 18.7. The molecule has 0 spiro atoms. The molecule has 2 fully saturated rings. The molecule has 0 bridgehead atoms. The first-order chi connectivity index (χ1) is 15.5. The summed E-state index contributed by atoms with van der Waals surface area (Å²) in [6, 6.07) is 7.27. The number of rotatable bonds is 10. The molecule has 1 heterocycles. The van der Waals surface area contributed by atoms with Gasteiger partial charge in [0.2, 0.25) is 17.7 Å². The molecule has 1 saturated carbocycles. The van der Waals surface area contributed by atoms with Gasteiger partial charge in [-0.3, -0.25) is 14.4 Å². The third-order valence-electron chi connectivity index (χ3n) is 6.37. The van der Waals surface area contributed by atoms with E-state index in [9.17, 15) is 14.4 Å². The third-order valence-corrected chi connectivity index (χ3v) is 6.37. The van der Waals surface area contributed by atoms with Crippen molar-refractivity contribution in [3.05, 3.63) is 24.3 Å². The fourth-order valence-electron chi connectivity index (χ4n) is 4.39. The van der Waals surface area contributed by atoms with Crippen LogP contribution in [0.25, 0.3) is 0 Å². The van der Waals surface area contributed by atoms with Crippen LogP contribution in [0.1, 0.15) is 51.4 Å². The van der Waals surface area contributed by atoms with Gasteiger partial charge in [0.25, 0.3) is 0 Å². The highest BCUT2D eigenvalue weighted by molar-refractivity contribution is 5.92. The molecule has 8 heteroatoms. The molecule has 176 valence electrons. The third kappa shape index (κ3) is 7.82. The zero-order valence-electron chi connectivity index (χ0n) is 18.7. The van der Waals surface area contributed by atoms with Gasteiger partial charge in [0, 0.05) is 24.7 Å². The quantitative estimate of drug-likeness (QED) is 0.575. The van der Waals surface area contributed by atoms with Crippen molar-refractivity contribution in [3.63, 3.8) is 0 Å². The number of anilines is 1. The van der Waals surface area contributed by atoms with Crippen molar-refractivity contribution in [3.8, 4) is 5.75 Å². The second kappa shape index (κ2) is 12.4. The summed E-state index contributed by atoms with van der Waals surface area (Å²) in [6.45, 7) is 1.32. The van der Waals surface area contributed by atoms with Gasteiger partial charge in [-0.25, -0.2) is 0 Å². The van der Waals surface area contributed by atoms with Gasteiger partial charge >= 0.3 is 0 Å². The average molecular weight is 446 g/mol. The molecule has 0 atom stereocenters. The van der Waals surface area contributed by atoms with E-state index in [2.05, 4.69) is 5.32 Å². The molecule has 3 rings (SSSR count). The predicted octanol–water partition coefficient (Wildman–Crippen LogP) is 2.71. The van der Waals surface area contributed by atoms with Crippen molar-refractivity contribution >= 4 is 23.4 Å². The van der Waals surface area contributed by atoms with E-state index in [0.29, 0.717) is 31.6 Å². The number of carbonyl (C=O) groups excluding carboxylic acids is 3. The number of nitrogens with one attached hydrogen (secondary N) is 1. The van der Waals surface area contributed by atoms with E-state index in [1.807, 2.05) is 12.1 Å². The van der Waals surface area contributed by atoms with Gasteiger partial charge in [-0.15, -0.1) is 0 Å². The Bertz CT molecular complexity index is 753. The Labute approximate surface area is 189 Å². The molecular formula is C24H35N3O5. The van der Waals surface area contributed by atoms with Crippen molar-refractivity contribution in [1.82, 2.24) is 4.90 Å². The molecule has 1 aromatic carbocycles. The molecule has 3 N–H and O–H groups in total. The van der Waals surface area contributed by atoms with E-state index < -0.39 is 0 Å². The average Bonchev–Trinajstić information content (AvgIpc) is 2.81. The summed E-state index contributed by atoms with van der Waals surface area (Å²) in [5.74, 6) is 0.590. The van der Waals surface area contributed by atoms with Gasteiger partial charge in [0.05, 0.1) is 6.61 Å². The van der Waals surface area contributed by atoms with Crippen molar-refractivity contribution < 1.29 is 23.9 Å². The lowest BCUT2D eigenvalue weighted by atomic mass is 9.87. The number of hydrogen-bond donors (Lipinski definition) is 2. The van der Waals surface area contributed by atoms with E-state index in [-0.39, 0.29) is 36.9 Å². The van der Waals surface area contributed by atoms with Crippen molar-refractivity contribution in [2.75, 3.05) is 38.2 Å². The lowest BCUT2D eigenvalue weighted by Crippen LogP contribution is -2.43. The van der Waals surface area contributed by atoms with Crippen LogP contribution in [0.3, 0.4) is 0 Å². The van der Waals surface area contributed by atoms with Gasteiger partial charge in [0.15, 0.2) is 0 Å². The molecule has 3 amide bonds. The maximum Gasteiger partial charge on any atom is 0.250 e. The van der Waals surface area contributed by atoms with Gasteiger partial charge in [-0.05, 0) is 49.4 Å². The van der Waals surface area contributed by atoms with E-state index in [1.165, 1.54) is 32.1 Å². The number of primary amides is 1. The normalized spacial score (nSPS) is 17.7. The first-order valence-electron chi connectivity index (χ1n) is 11.7. The van der Waals surface area contributed by atoms with E-state index in [0.717, 1.165) is 24.7 Å². The van der Waals surface area contributed by atoms with E-state index in [4.69, 9.17) is 15.2 Å². The number of piperidine rings is 1. The summed E-state index contributed by atoms with van der Waals surface area (Å²) < 4.78 is 11.1. The minimum atomic E-state index is -0.323. The standard InChI is InChI=1S/C24H35N3O5/c25-24(30)19-10-13-27(14-11-19)23(29)17-31-16-22(28)26-20-6-8-21(9-7-20)32-15-12-18-4-2-1-3-5-18/h6-9,18-19H,1-5,10-17H2,(H2,25,30)(H,26,28). The highest BCUT2D eigenvalue weighted by atomic mass is 16.5. The molecule has 8 nitrogen and oxygen atoms in total. The first kappa shape index (κ1) is 24.0. The monoisotopic (exact) mass is 445 g/mol. The molecule has 1 aliphatic heterocycles. The molecular weight excluding hydrogens is 410 g/mol. The number of nitrogens with zero attached hydrogens (tertiary/aromatic N) is 1. The summed E-state index contributed by atoms with van der Waals surface area (Å²) in [7, 11) is 0. The summed E-state index contributed by atoms with van der Waals surface area (Å²) >= 11 is 0. The lowest BCUT2D eigenvalue weighted by Gasteiger charge is -2.30. The predicted molar refractivity (Wildman–Crippen MR) is 121 cm³/mol. The second-order valence-electron chi connectivity index (χ2n) is 8.76. The lowest BCUT2D eigenvalue weighted by molar-refractivity contribution is -0.140.